The van der Waals surface area contributed by atoms with Gasteiger partial charge in [-0.2, -0.15) is 18.4 Å². The number of rotatable bonds is 2. The van der Waals surface area contributed by atoms with Gasteiger partial charge in [0, 0.05) is 0 Å². The second-order valence-corrected chi connectivity index (χ2v) is 4.78. The van der Waals surface area contributed by atoms with Crippen LogP contribution in [0.5, 0.6) is 0 Å². The first kappa shape index (κ1) is 14.7. The molecule has 0 fully saturated rings. The van der Waals surface area contributed by atoms with E-state index in [2.05, 4.69) is 15.5 Å². The molecule has 0 spiro atoms. The molecule has 0 saturated carbocycles. The highest BCUT2D eigenvalue weighted by Crippen LogP contribution is 2.31. The second-order valence-electron chi connectivity index (χ2n) is 3.77. The molecule has 0 atom stereocenters. The summed E-state index contributed by atoms with van der Waals surface area (Å²) in [7, 11) is 0. The van der Waals surface area contributed by atoms with Crippen molar-refractivity contribution in [2.45, 2.75) is 6.18 Å². The van der Waals surface area contributed by atoms with Crippen molar-refractivity contribution in [3.8, 4) is 6.07 Å². The van der Waals surface area contributed by atoms with Crippen LogP contribution >= 0.6 is 11.3 Å². The molecular formula is C11H6F3N5OS. The Morgan fingerprint density at radius 3 is 2.62 bits per heavy atom. The van der Waals surface area contributed by atoms with Crippen LogP contribution in [-0.4, -0.2) is 16.1 Å². The highest BCUT2D eigenvalue weighted by molar-refractivity contribution is 7.16. The van der Waals surface area contributed by atoms with Crippen molar-refractivity contribution in [3.63, 3.8) is 0 Å². The number of hydrogen-bond acceptors (Lipinski definition) is 6. The second kappa shape index (κ2) is 5.37. The van der Waals surface area contributed by atoms with Gasteiger partial charge in [0.1, 0.15) is 6.07 Å². The fourth-order valence-electron chi connectivity index (χ4n) is 1.42. The Hall–Kier alpha value is -2.67. The average molecular weight is 313 g/mol. The molecular weight excluding hydrogens is 307 g/mol. The van der Waals surface area contributed by atoms with E-state index in [1.165, 1.54) is 0 Å². The third kappa shape index (κ3) is 3.26. The fourth-order valence-corrected chi connectivity index (χ4v) is 1.93. The quantitative estimate of drug-likeness (QED) is 0.885. The molecule has 10 heteroatoms. The van der Waals surface area contributed by atoms with Gasteiger partial charge in [-0.15, -0.1) is 10.2 Å². The monoisotopic (exact) mass is 313 g/mol. The van der Waals surface area contributed by atoms with Crippen molar-refractivity contribution in [1.82, 2.24) is 10.2 Å². The number of alkyl halides is 3. The van der Waals surface area contributed by atoms with E-state index in [1.807, 2.05) is 0 Å². The topological polar surface area (TPSA) is 105 Å². The van der Waals surface area contributed by atoms with E-state index >= 15 is 0 Å². The van der Waals surface area contributed by atoms with E-state index in [0.29, 0.717) is 6.07 Å². The fraction of sp³-hybridized carbons (Fsp3) is 0.0909. The smallest absolute Gasteiger partial charge is 0.374 e. The number of nitrogens with two attached hydrogens (primary N) is 1. The Bertz CT molecular complexity index is 734. The summed E-state index contributed by atoms with van der Waals surface area (Å²) in [4.78, 5) is 11.8. The number of hydrogen-bond donors (Lipinski definition) is 2. The first-order chi connectivity index (χ1) is 9.81. The number of carbonyl (C=O) groups excluding carboxylic acids is 1. The van der Waals surface area contributed by atoms with Gasteiger partial charge in [0.25, 0.3) is 5.91 Å². The number of nitrogens with zero attached hydrogens (tertiary/aromatic N) is 3. The Morgan fingerprint density at radius 2 is 2.10 bits per heavy atom. The lowest BCUT2D eigenvalue weighted by molar-refractivity contribution is -0.137. The van der Waals surface area contributed by atoms with Gasteiger partial charge in [-0.1, -0.05) is 11.3 Å². The van der Waals surface area contributed by atoms with Gasteiger partial charge < -0.3 is 11.1 Å². The summed E-state index contributed by atoms with van der Waals surface area (Å²) in [6.45, 7) is 0. The summed E-state index contributed by atoms with van der Waals surface area (Å²) < 4.78 is 37.6. The first-order valence-corrected chi connectivity index (χ1v) is 6.14. The number of anilines is 2. The number of nitrogens with one attached hydrogen (secondary N) is 1. The molecule has 2 rings (SSSR count). The molecule has 0 aliphatic carbocycles. The molecule has 0 aliphatic rings. The predicted octanol–water partition coefficient (Wildman–Crippen LogP) is 2.26. The van der Waals surface area contributed by atoms with Gasteiger partial charge in [0.2, 0.25) is 10.1 Å². The van der Waals surface area contributed by atoms with E-state index in [1.54, 1.807) is 6.07 Å². The molecule has 3 N–H and O–H groups in total. The molecule has 1 heterocycles. The molecule has 1 amide bonds. The molecule has 21 heavy (non-hydrogen) atoms. The van der Waals surface area contributed by atoms with Crippen molar-refractivity contribution in [3.05, 3.63) is 34.3 Å². The van der Waals surface area contributed by atoms with E-state index < -0.39 is 17.6 Å². The number of nitriles is 1. The maximum Gasteiger partial charge on any atom is 0.416 e. The number of halogens is 3. The van der Waals surface area contributed by atoms with Gasteiger partial charge in [0.05, 0.1) is 16.8 Å². The Morgan fingerprint density at radius 1 is 1.38 bits per heavy atom. The van der Waals surface area contributed by atoms with Crippen LogP contribution in [0.25, 0.3) is 0 Å². The van der Waals surface area contributed by atoms with E-state index in [9.17, 15) is 18.0 Å². The molecule has 6 nitrogen and oxygen atoms in total. The zero-order chi connectivity index (χ0) is 15.6. The number of nitrogen functional groups attached to an aromatic ring is 1. The third-order valence-corrected chi connectivity index (χ3v) is 3.10. The summed E-state index contributed by atoms with van der Waals surface area (Å²) in [6.07, 6.45) is -4.57. The number of aromatic nitrogens is 2. The minimum Gasteiger partial charge on any atom is -0.374 e. The van der Waals surface area contributed by atoms with Crippen LogP contribution in [0.1, 0.15) is 20.9 Å². The van der Waals surface area contributed by atoms with E-state index in [-0.39, 0.29) is 21.4 Å². The van der Waals surface area contributed by atoms with E-state index in [0.717, 1.165) is 23.5 Å². The van der Waals surface area contributed by atoms with Crippen LogP contribution in [0.4, 0.5) is 24.0 Å². The van der Waals surface area contributed by atoms with Crippen LogP contribution in [0.15, 0.2) is 18.2 Å². The maximum absolute atomic E-state index is 12.5. The average Bonchev–Trinajstić information content (AvgIpc) is 2.84. The van der Waals surface area contributed by atoms with Crippen molar-refractivity contribution >= 4 is 28.1 Å². The molecule has 108 valence electrons. The molecule has 1 aromatic heterocycles. The lowest BCUT2D eigenvalue weighted by atomic mass is 10.1. The minimum atomic E-state index is -4.57. The number of amides is 1. The molecule has 0 radical (unpaired) electrons. The molecule has 1 aromatic carbocycles. The Labute approximate surface area is 120 Å². The highest BCUT2D eigenvalue weighted by atomic mass is 32.1. The van der Waals surface area contributed by atoms with Crippen LogP contribution < -0.4 is 11.1 Å². The summed E-state index contributed by atoms with van der Waals surface area (Å²) >= 11 is 0.817. The lowest BCUT2D eigenvalue weighted by Gasteiger charge is -2.10. The summed E-state index contributed by atoms with van der Waals surface area (Å²) in [5.74, 6) is -0.708. The number of carbonyl (C=O) groups is 1. The van der Waals surface area contributed by atoms with Crippen molar-refractivity contribution in [1.29, 1.82) is 5.26 Å². The van der Waals surface area contributed by atoms with Gasteiger partial charge >= 0.3 is 6.18 Å². The van der Waals surface area contributed by atoms with Crippen molar-refractivity contribution < 1.29 is 18.0 Å². The predicted molar refractivity (Wildman–Crippen MR) is 68.4 cm³/mol. The largest absolute Gasteiger partial charge is 0.416 e. The summed E-state index contributed by atoms with van der Waals surface area (Å²) in [5, 5.41) is 18.1. The molecule has 0 saturated heterocycles. The minimum absolute atomic E-state index is 0.0516. The normalized spacial score (nSPS) is 11.0. The highest BCUT2D eigenvalue weighted by Gasteiger charge is 2.31. The number of benzene rings is 1. The van der Waals surface area contributed by atoms with Crippen LogP contribution in [0.3, 0.4) is 0 Å². The van der Waals surface area contributed by atoms with E-state index in [4.69, 9.17) is 11.0 Å². The molecule has 0 aliphatic heterocycles. The summed E-state index contributed by atoms with van der Waals surface area (Å²) in [5.41, 5.74) is 3.99. The third-order valence-electron chi connectivity index (χ3n) is 2.35. The standard InChI is InChI=1S/C11H6F3N5OS/c12-11(13,14)6-1-2-7(5(3-6)4-15)17-8(20)9-18-19-10(16)21-9/h1-3H,(H2,16,19)(H,17,20). The van der Waals surface area contributed by atoms with Gasteiger partial charge in [0.15, 0.2) is 0 Å². The maximum atomic E-state index is 12.5. The van der Waals surface area contributed by atoms with Gasteiger partial charge in [-0.25, -0.2) is 0 Å². The van der Waals surface area contributed by atoms with Crippen LogP contribution in [-0.2, 0) is 6.18 Å². The first-order valence-electron chi connectivity index (χ1n) is 5.33. The lowest BCUT2D eigenvalue weighted by Crippen LogP contribution is -2.13. The Balaban J connectivity index is 2.29. The zero-order valence-corrected chi connectivity index (χ0v) is 10.9. The van der Waals surface area contributed by atoms with Crippen molar-refractivity contribution in [2.75, 3.05) is 11.1 Å². The Kier molecular flexibility index (Phi) is 3.77. The molecule has 0 unspecified atom stereocenters. The zero-order valence-electron chi connectivity index (χ0n) is 10.1. The van der Waals surface area contributed by atoms with Gasteiger partial charge in [-0.3, -0.25) is 4.79 Å². The molecule has 0 bridgehead atoms. The van der Waals surface area contributed by atoms with Crippen LogP contribution in [0, 0.1) is 11.3 Å². The molecule has 2 aromatic rings. The van der Waals surface area contributed by atoms with Crippen LogP contribution in [0.2, 0.25) is 0 Å². The van der Waals surface area contributed by atoms with Gasteiger partial charge in [-0.05, 0) is 18.2 Å². The SMILES string of the molecule is N#Cc1cc(C(F)(F)F)ccc1NC(=O)c1nnc(N)s1. The van der Waals surface area contributed by atoms with Crippen molar-refractivity contribution in [2.24, 2.45) is 0 Å². The summed E-state index contributed by atoms with van der Waals surface area (Å²) in [6, 6.07) is 4.03.